The van der Waals surface area contributed by atoms with Gasteiger partial charge in [-0.2, -0.15) is 0 Å². The van der Waals surface area contributed by atoms with Crippen LogP contribution in [-0.2, 0) is 20.7 Å². The van der Waals surface area contributed by atoms with Crippen molar-refractivity contribution in [2.75, 3.05) is 28.4 Å². The van der Waals surface area contributed by atoms with Crippen molar-refractivity contribution >= 4 is 5.97 Å². The fourth-order valence-corrected chi connectivity index (χ4v) is 5.20. The first-order chi connectivity index (χ1) is 17.3. The number of aliphatic hydroxyl groups is 1. The first-order valence-electron chi connectivity index (χ1n) is 11.7. The van der Waals surface area contributed by atoms with E-state index in [0.717, 1.165) is 11.1 Å². The molecule has 1 N–H and O–H groups in total. The molecule has 3 atom stereocenters. The van der Waals surface area contributed by atoms with Gasteiger partial charge in [-0.1, -0.05) is 42.5 Å². The molecule has 3 aromatic rings. The van der Waals surface area contributed by atoms with Crippen molar-refractivity contribution < 1.29 is 33.6 Å². The Balaban J connectivity index is 2.00. The van der Waals surface area contributed by atoms with Crippen LogP contribution in [0.1, 0.15) is 42.4 Å². The summed E-state index contributed by atoms with van der Waals surface area (Å²) >= 11 is 0. The molecular formula is C29H32O7. The SMILES string of the molecule is COC(=O)CC(c1ccccc1)[C@@]1(c2ccc(OC)cc2)C[C@](C)(O)c2c(OC)cc(OC)cc2O1. The van der Waals surface area contributed by atoms with E-state index in [1.807, 2.05) is 54.6 Å². The molecule has 36 heavy (non-hydrogen) atoms. The molecule has 3 aromatic carbocycles. The summed E-state index contributed by atoms with van der Waals surface area (Å²) in [6.07, 6.45) is 0.192. The maximum atomic E-state index is 12.7. The zero-order valence-corrected chi connectivity index (χ0v) is 21.2. The van der Waals surface area contributed by atoms with Crippen molar-refractivity contribution in [2.45, 2.75) is 36.9 Å². The van der Waals surface area contributed by atoms with Gasteiger partial charge in [0.05, 0.1) is 46.0 Å². The Morgan fingerprint density at radius 3 is 2.19 bits per heavy atom. The average Bonchev–Trinajstić information content (AvgIpc) is 2.90. The summed E-state index contributed by atoms with van der Waals surface area (Å²) in [6.45, 7) is 1.74. The van der Waals surface area contributed by atoms with Crippen LogP contribution in [0.15, 0.2) is 66.7 Å². The molecule has 7 nitrogen and oxygen atoms in total. The molecule has 0 spiro atoms. The fraction of sp³-hybridized carbons (Fsp3) is 0.345. The van der Waals surface area contributed by atoms with E-state index in [9.17, 15) is 9.90 Å². The number of carbonyl (C=O) groups is 1. The minimum absolute atomic E-state index is 0.0407. The van der Waals surface area contributed by atoms with Gasteiger partial charge < -0.3 is 28.8 Å². The van der Waals surface area contributed by atoms with Crippen LogP contribution in [0.25, 0.3) is 0 Å². The quantitative estimate of drug-likeness (QED) is 0.446. The number of hydrogen-bond donors (Lipinski definition) is 1. The van der Waals surface area contributed by atoms with E-state index in [1.54, 1.807) is 40.4 Å². The number of carbonyl (C=O) groups excluding carboxylic acids is 1. The van der Waals surface area contributed by atoms with Crippen molar-refractivity contribution in [1.29, 1.82) is 0 Å². The minimum atomic E-state index is -1.37. The number of benzene rings is 3. The highest BCUT2D eigenvalue weighted by molar-refractivity contribution is 5.71. The standard InChI is InChI=1S/C29H32O7/c1-28(31)18-29(20-11-13-21(32-2)14-12-20,23(17-26(30)35-5)19-9-7-6-8-10-19)36-25-16-22(33-3)15-24(34-4)27(25)28/h6-16,23,31H,17-18H2,1-5H3/t23?,28-,29-/m0/s1. The fourth-order valence-electron chi connectivity index (χ4n) is 5.20. The summed E-state index contributed by atoms with van der Waals surface area (Å²) in [7, 11) is 6.07. The number of ether oxygens (including phenoxy) is 5. The highest BCUT2D eigenvalue weighted by atomic mass is 16.5. The number of fused-ring (bicyclic) bond motifs is 1. The van der Waals surface area contributed by atoms with Gasteiger partial charge in [-0.25, -0.2) is 0 Å². The Morgan fingerprint density at radius 2 is 1.61 bits per heavy atom. The number of rotatable bonds is 8. The van der Waals surface area contributed by atoms with Gasteiger partial charge in [0.1, 0.15) is 28.6 Å². The van der Waals surface area contributed by atoms with Crippen molar-refractivity contribution in [3.8, 4) is 23.0 Å². The molecule has 1 heterocycles. The van der Waals surface area contributed by atoms with Crippen LogP contribution in [0, 0.1) is 0 Å². The van der Waals surface area contributed by atoms with Crippen LogP contribution >= 0.6 is 0 Å². The van der Waals surface area contributed by atoms with E-state index in [-0.39, 0.29) is 18.8 Å². The summed E-state index contributed by atoms with van der Waals surface area (Å²) in [5.74, 6) is 1.22. The molecule has 1 unspecified atom stereocenters. The van der Waals surface area contributed by atoms with E-state index >= 15 is 0 Å². The third kappa shape index (κ3) is 4.58. The highest BCUT2D eigenvalue weighted by Gasteiger charge is 2.54. The normalized spacial score (nSPS) is 21.5. The zero-order chi connectivity index (χ0) is 25.9. The van der Waals surface area contributed by atoms with Crippen molar-refractivity contribution in [3.05, 3.63) is 83.4 Å². The van der Waals surface area contributed by atoms with Gasteiger partial charge in [0.15, 0.2) is 0 Å². The van der Waals surface area contributed by atoms with Crippen molar-refractivity contribution in [3.63, 3.8) is 0 Å². The highest BCUT2D eigenvalue weighted by Crippen LogP contribution is 2.57. The maximum Gasteiger partial charge on any atom is 0.306 e. The number of esters is 1. The Morgan fingerprint density at radius 1 is 0.944 bits per heavy atom. The predicted molar refractivity (Wildman–Crippen MR) is 135 cm³/mol. The molecule has 0 aliphatic carbocycles. The molecule has 1 aliphatic heterocycles. The summed E-state index contributed by atoms with van der Waals surface area (Å²) in [6, 6.07) is 20.6. The second-order valence-corrected chi connectivity index (χ2v) is 9.12. The van der Waals surface area contributed by atoms with E-state index in [4.69, 9.17) is 23.7 Å². The summed E-state index contributed by atoms with van der Waals surface area (Å²) < 4.78 is 28.5. The second-order valence-electron chi connectivity index (χ2n) is 9.12. The van der Waals surface area contributed by atoms with Crippen LogP contribution in [-0.4, -0.2) is 39.5 Å². The molecule has 4 rings (SSSR count). The smallest absolute Gasteiger partial charge is 0.306 e. The van der Waals surface area contributed by atoms with E-state index < -0.39 is 17.1 Å². The number of methoxy groups -OCH3 is 4. The molecule has 7 heteroatoms. The summed E-state index contributed by atoms with van der Waals surface area (Å²) in [5, 5.41) is 11.9. The van der Waals surface area contributed by atoms with Gasteiger partial charge in [0.25, 0.3) is 0 Å². The Bertz CT molecular complexity index is 1200. The van der Waals surface area contributed by atoms with E-state index in [2.05, 4.69) is 0 Å². The molecule has 0 radical (unpaired) electrons. The average molecular weight is 493 g/mol. The van der Waals surface area contributed by atoms with Crippen LogP contribution < -0.4 is 18.9 Å². The Kier molecular flexibility index (Phi) is 7.13. The molecule has 0 aromatic heterocycles. The topological polar surface area (TPSA) is 83.5 Å². The molecule has 0 bridgehead atoms. The minimum Gasteiger partial charge on any atom is -0.497 e. The predicted octanol–water partition coefficient (Wildman–Crippen LogP) is 4.94. The van der Waals surface area contributed by atoms with Gasteiger partial charge in [-0.05, 0) is 30.2 Å². The second kappa shape index (κ2) is 10.1. The van der Waals surface area contributed by atoms with Crippen LogP contribution in [0.5, 0.6) is 23.0 Å². The Hall–Kier alpha value is -3.71. The molecule has 0 saturated heterocycles. The van der Waals surface area contributed by atoms with Gasteiger partial charge in [-0.15, -0.1) is 0 Å². The molecule has 190 valence electrons. The lowest BCUT2D eigenvalue weighted by molar-refractivity contribution is -0.145. The molecule has 0 amide bonds. The van der Waals surface area contributed by atoms with Gasteiger partial charge >= 0.3 is 5.97 Å². The van der Waals surface area contributed by atoms with Crippen LogP contribution in [0.2, 0.25) is 0 Å². The molecule has 0 saturated carbocycles. The van der Waals surface area contributed by atoms with Gasteiger partial charge in [0.2, 0.25) is 0 Å². The van der Waals surface area contributed by atoms with E-state index in [1.165, 1.54) is 7.11 Å². The molecule has 0 fully saturated rings. The van der Waals surface area contributed by atoms with E-state index in [0.29, 0.717) is 28.6 Å². The first kappa shape index (κ1) is 25.4. The maximum absolute atomic E-state index is 12.7. The summed E-state index contributed by atoms with van der Waals surface area (Å²) in [4.78, 5) is 12.7. The lowest BCUT2D eigenvalue weighted by Gasteiger charge is -2.49. The lowest BCUT2D eigenvalue weighted by atomic mass is 9.67. The third-order valence-electron chi connectivity index (χ3n) is 6.87. The van der Waals surface area contributed by atoms with Crippen LogP contribution in [0.4, 0.5) is 0 Å². The Labute approximate surface area is 211 Å². The lowest BCUT2D eigenvalue weighted by Crippen LogP contribution is -2.49. The van der Waals surface area contributed by atoms with Crippen molar-refractivity contribution in [2.24, 2.45) is 0 Å². The first-order valence-corrected chi connectivity index (χ1v) is 11.7. The molecule has 1 aliphatic rings. The number of hydrogen-bond acceptors (Lipinski definition) is 7. The van der Waals surface area contributed by atoms with Crippen molar-refractivity contribution in [1.82, 2.24) is 0 Å². The van der Waals surface area contributed by atoms with Gasteiger partial charge in [-0.3, -0.25) is 4.79 Å². The molecular weight excluding hydrogens is 460 g/mol. The monoisotopic (exact) mass is 492 g/mol. The van der Waals surface area contributed by atoms with Crippen LogP contribution in [0.3, 0.4) is 0 Å². The largest absolute Gasteiger partial charge is 0.497 e. The third-order valence-corrected chi connectivity index (χ3v) is 6.87. The van der Waals surface area contributed by atoms with Gasteiger partial charge in [0, 0.05) is 24.5 Å². The zero-order valence-electron chi connectivity index (χ0n) is 21.2. The summed E-state index contributed by atoms with van der Waals surface area (Å²) in [5.41, 5.74) is -0.314.